The van der Waals surface area contributed by atoms with Crippen molar-refractivity contribution in [3.05, 3.63) is 30.1 Å². The minimum absolute atomic E-state index is 0.633. The fourth-order valence-electron chi connectivity index (χ4n) is 1.78. The van der Waals surface area contributed by atoms with Crippen molar-refractivity contribution >= 4 is 0 Å². The maximum absolute atomic E-state index is 4.31. The molecule has 1 atom stereocenters. The Bertz CT molecular complexity index is 256. The summed E-state index contributed by atoms with van der Waals surface area (Å²) >= 11 is 0. The fourth-order valence-corrected chi connectivity index (χ4v) is 1.78. The third-order valence-electron chi connectivity index (χ3n) is 2.76. The van der Waals surface area contributed by atoms with E-state index < -0.39 is 0 Å². The normalized spacial score (nSPS) is 13.1. The van der Waals surface area contributed by atoms with E-state index in [1.807, 2.05) is 18.3 Å². The van der Waals surface area contributed by atoms with Crippen LogP contribution in [-0.2, 0) is 6.42 Å². The molecule has 0 bridgehead atoms. The molecule has 1 unspecified atom stereocenters. The number of hydrogen-bond donors (Lipinski definition) is 1. The van der Waals surface area contributed by atoms with Crippen molar-refractivity contribution < 1.29 is 0 Å². The van der Waals surface area contributed by atoms with Crippen LogP contribution in [0.1, 0.15) is 32.9 Å². The molecule has 1 rings (SSSR count). The van der Waals surface area contributed by atoms with Crippen molar-refractivity contribution in [2.45, 2.75) is 39.7 Å². The van der Waals surface area contributed by atoms with Gasteiger partial charge in [0.15, 0.2) is 0 Å². The summed E-state index contributed by atoms with van der Waals surface area (Å²) in [6.07, 6.45) is 4.07. The largest absolute Gasteiger partial charge is 0.313 e. The third-order valence-corrected chi connectivity index (χ3v) is 2.76. The number of hydrogen-bond acceptors (Lipinski definition) is 2. The van der Waals surface area contributed by atoms with Crippen LogP contribution in [0.2, 0.25) is 0 Å². The Morgan fingerprint density at radius 2 is 2.13 bits per heavy atom. The predicted octanol–water partition coefficient (Wildman–Crippen LogP) is 2.65. The Morgan fingerprint density at radius 1 is 1.33 bits per heavy atom. The van der Waals surface area contributed by atoms with Gasteiger partial charge in [-0.15, -0.1) is 0 Å². The molecule has 15 heavy (non-hydrogen) atoms. The van der Waals surface area contributed by atoms with Gasteiger partial charge in [-0.05, 0) is 24.5 Å². The molecule has 0 aliphatic rings. The summed E-state index contributed by atoms with van der Waals surface area (Å²) in [7, 11) is 0. The number of nitrogens with one attached hydrogen (secondary N) is 1. The van der Waals surface area contributed by atoms with Gasteiger partial charge in [-0.2, -0.15) is 0 Å². The number of pyridine rings is 1. The highest BCUT2D eigenvalue weighted by molar-refractivity contribution is 5.03. The molecular formula is C13H22N2. The van der Waals surface area contributed by atoms with E-state index in [4.69, 9.17) is 0 Å². The van der Waals surface area contributed by atoms with Gasteiger partial charge in [0.25, 0.3) is 0 Å². The molecule has 1 aromatic rings. The second-order valence-corrected chi connectivity index (χ2v) is 4.28. The third kappa shape index (κ3) is 4.43. The van der Waals surface area contributed by atoms with E-state index in [-0.39, 0.29) is 0 Å². The Morgan fingerprint density at radius 3 is 2.67 bits per heavy atom. The molecule has 0 fully saturated rings. The highest BCUT2D eigenvalue weighted by Crippen LogP contribution is 2.05. The fraction of sp³-hybridized carbons (Fsp3) is 0.615. The zero-order chi connectivity index (χ0) is 11.1. The first-order valence-electron chi connectivity index (χ1n) is 5.87. The standard InChI is InChI=1S/C13H22N2/c1-4-13(11(2)3)15-10-8-12-7-5-6-9-14-12/h5-7,9,11,13,15H,4,8,10H2,1-3H3. The van der Waals surface area contributed by atoms with Gasteiger partial charge < -0.3 is 5.32 Å². The highest BCUT2D eigenvalue weighted by atomic mass is 14.9. The summed E-state index contributed by atoms with van der Waals surface area (Å²) in [5.74, 6) is 0.707. The first-order chi connectivity index (χ1) is 7.24. The van der Waals surface area contributed by atoms with E-state index in [2.05, 4.69) is 37.1 Å². The van der Waals surface area contributed by atoms with E-state index in [9.17, 15) is 0 Å². The van der Waals surface area contributed by atoms with Gasteiger partial charge >= 0.3 is 0 Å². The zero-order valence-corrected chi connectivity index (χ0v) is 10.0. The SMILES string of the molecule is CCC(NCCc1ccccn1)C(C)C. The van der Waals surface area contributed by atoms with Crippen LogP contribution in [0.4, 0.5) is 0 Å². The van der Waals surface area contributed by atoms with Gasteiger partial charge in [-0.3, -0.25) is 4.98 Å². The smallest absolute Gasteiger partial charge is 0.0416 e. The highest BCUT2D eigenvalue weighted by Gasteiger charge is 2.09. The summed E-state index contributed by atoms with van der Waals surface area (Å²) in [4.78, 5) is 4.31. The van der Waals surface area contributed by atoms with Gasteiger partial charge in [-0.1, -0.05) is 26.8 Å². The molecule has 0 aromatic carbocycles. The summed E-state index contributed by atoms with van der Waals surface area (Å²) in [6.45, 7) is 7.79. The van der Waals surface area contributed by atoms with Crippen molar-refractivity contribution in [1.29, 1.82) is 0 Å². The molecular weight excluding hydrogens is 184 g/mol. The predicted molar refractivity (Wildman–Crippen MR) is 64.9 cm³/mol. The molecule has 0 saturated carbocycles. The van der Waals surface area contributed by atoms with Gasteiger partial charge in [0, 0.05) is 30.9 Å². The summed E-state index contributed by atoms with van der Waals surface area (Å²) in [5.41, 5.74) is 1.17. The Kier molecular flexibility index (Phi) is 5.33. The van der Waals surface area contributed by atoms with Crippen LogP contribution in [0, 0.1) is 5.92 Å². The minimum Gasteiger partial charge on any atom is -0.313 e. The zero-order valence-electron chi connectivity index (χ0n) is 10.0. The van der Waals surface area contributed by atoms with Gasteiger partial charge in [0.1, 0.15) is 0 Å². The van der Waals surface area contributed by atoms with E-state index in [1.165, 1.54) is 12.1 Å². The number of nitrogens with zero attached hydrogens (tertiary/aromatic N) is 1. The van der Waals surface area contributed by atoms with Crippen molar-refractivity contribution in [2.75, 3.05) is 6.54 Å². The second-order valence-electron chi connectivity index (χ2n) is 4.28. The maximum atomic E-state index is 4.31. The van der Waals surface area contributed by atoms with Gasteiger partial charge in [-0.25, -0.2) is 0 Å². The second kappa shape index (κ2) is 6.57. The lowest BCUT2D eigenvalue weighted by Gasteiger charge is -2.20. The minimum atomic E-state index is 0.633. The number of rotatable bonds is 6. The van der Waals surface area contributed by atoms with Crippen LogP contribution in [0.3, 0.4) is 0 Å². The summed E-state index contributed by atoms with van der Waals surface area (Å²) < 4.78 is 0. The molecule has 0 spiro atoms. The molecule has 2 heteroatoms. The van der Waals surface area contributed by atoms with Crippen molar-refractivity contribution in [3.8, 4) is 0 Å². The van der Waals surface area contributed by atoms with Crippen LogP contribution in [-0.4, -0.2) is 17.6 Å². The van der Waals surface area contributed by atoms with Crippen LogP contribution < -0.4 is 5.32 Å². The number of aromatic nitrogens is 1. The lowest BCUT2D eigenvalue weighted by Crippen LogP contribution is -2.34. The molecule has 0 radical (unpaired) electrons. The van der Waals surface area contributed by atoms with Crippen LogP contribution in [0.25, 0.3) is 0 Å². The van der Waals surface area contributed by atoms with Crippen molar-refractivity contribution in [1.82, 2.24) is 10.3 Å². The lowest BCUT2D eigenvalue weighted by atomic mass is 10.0. The lowest BCUT2D eigenvalue weighted by molar-refractivity contribution is 0.391. The van der Waals surface area contributed by atoms with Gasteiger partial charge in [0.05, 0.1) is 0 Å². The van der Waals surface area contributed by atoms with E-state index >= 15 is 0 Å². The van der Waals surface area contributed by atoms with E-state index in [1.54, 1.807) is 0 Å². The molecule has 2 nitrogen and oxygen atoms in total. The van der Waals surface area contributed by atoms with Crippen molar-refractivity contribution in [3.63, 3.8) is 0 Å². The molecule has 1 aromatic heterocycles. The summed E-state index contributed by atoms with van der Waals surface area (Å²) in [6, 6.07) is 6.72. The monoisotopic (exact) mass is 206 g/mol. The van der Waals surface area contributed by atoms with Crippen LogP contribution in [0.5, 0.6) is 0 Å². The Balaban J connectivity index is 2.27. The molecule has 1 heterocycles. The first kappa shape index (κ1) is 12.2. The molecule has 84 valence electrons. The quantitative estimate of drug-likeness (QED) is 0.774. The molecule has 0 aliphatic carbocycles. The van der Waals surface area contributed by atoms with Crippen molar-refractivity contribution in [2.24, 2.45) is 5.92 Å². The molecule has 0 amide bonds. The van der Waals surface area contributed by atoms with E-state index in [0.29, 0.717) is 12.0 Å². The maximum Gasteiger partial charge on any atom is 0.0416 e. The van der Waals surface area contributed by atoms with Crippen LogP contribution in [0.15, 0.2) is 24.4 Å². The Hall–Kier alpha value is -0.890. The molecule has 1 N–H and O–H groups in total. The van der Waals surface area contributed by atoms with Crippen LogP contribution >= 0.6 is 0 Å². The average molecular weight is 206 g/mol. The topological polar surface area (TPSA) is 24.9 Å². The molecule has 0 aliphatic heterocycles. The molecule has 0 saturated heterocycles. The van der Waals surface area contributed by atoms with E-state index in [0.717, 1.165) is 13.0 Å². The van der Waals surface area contributed by atoms with Gasteiger partial charge in [0.2, 0.25) is 0 Å². The summed E-state index contributed by atoms with van der Waals surface area (Å²) in [5, 5.41) is 3.58. The first-order valence-corrected chi connectivity index (χ1v) is 5.87. The average Bonchev–Trinajstić information content (AvgIpc) is 2.25. The Labute approximate surface area is 93.1 Å².